The normalized spacial score (nSPS) is 12.5. The van der Waals surface area contributed by atoms with Crippen LogP contribution in [0, 0.1) is 13.8 Å². The van der Waals surface area contributed by atoms with E-state index in [2.05, 4.69) is 37.4 Å². The van der Waals surface area contributed by atoms with Crippen molar-refractivity contribution in [3.8, 4) is 0 Å². The second kappa shape index (κ2) is 8.32. The van der Waals surface area contributed by atoms with Gasteiger partial charge in [0.2, 0.25) is 0 Å². The Bertz CT molecular complexity index is 446. The third kappa shape index (κ3) is 5.55. The Morgan fingerprint density at radius 3 is 2.65 bits per heavy atom. The summed E-state index contributed by atoms with van der Waals surface area (Å²) in [5.41, 5.74) is 2.55. The number of esters is 1. The highest BCUT2D eigenvalue weighted by Crippen LogP contribution is 2.24. The zero-order chi connectivity index (χ0) is 15.1. The molecule has 0 spiro atoms. The highest BCUT2D eigenvalue weighted by molar-refractivity contribution is 7.99. The van der Waals surface area contributed by atoms with E-state index >= 15 is 0 Å². The van der Waals surface area contributed by atoms with Crippen molar-refractivity contribution in [3.05, 3.63) is 29.3 Å². The van der Waals surface area contributed by atoms with Crippen LogP contribution in [0.15, 0.2) is 23.1 Å². The number of carbonyl (C=O) groups is 1. The van der Waals surface area contributed by atoms with Crippen molar-refractivity contribution in [1.29, 1.82) is 0 Å². The molecule has 0 aliphatic rings. The molecule has 4 heteroatoms. The number of hydrogen-bond acceptors (Lipinski definition) is 4. The topological polar surface area (TPSA) is 38.3 Å². The number of nitrogens with one attached hydrogen (secondary N) is 1. The minimum atomic E-state index is -0.224. The van der Waals surface area contributed by atoms with Gasteiger partial charge in [-0.1, -0.05) is 31.5 Å². The molecule has 1 unspecified atom stereocenters. The van der Waals surface area contributed by atoms with Crippen LogP contribution in [0.3, 0.4) is 0 Å². The van der Waals surface area contributed by atoms with Crippen molar-refractivity contribution in [3.63, 3.8) is 0 Å². The van der Waals surface area contributed by atoms with Gasteiger partial charge >= 0.3 is 5.97 Å². The highest BCUT2D eigenvalue weighted by atomic mass is 32.2. The summed E-state index contributed by atoms with van der Waals surface area (Å²) in [4.78, 5) is 13.0. The first kappa shape index (κ1) is 17.1. The maximum Gasteiger partial charge on any atom is 0.322 e. The average Bonchev–Trinajstić information content (AvgIpc) is 2.40. The largest absolute Gasteiger partial charge is 0.468 e. The summed E-state index contributed by atoms with van der Waals surface area (Å²) in [6, 6.07) is 6.50. The minimum absolute atomic E-state index is 0.180. The standard InChI is InChI=1S/C16H25NO2S/c1-11(2)17-14(16(18)19-5)8-9-20-15-10-12(3)6-7-13(15)4/h6-7,10-11,14,17H,8-9H2,1-5H3. The molecule has 0 radical (unpaired) electrons. The smallest absolute Gasteiger partial charge is 0.322 e. The van der Waals surface area contributed by atoms with Crippen molar-refractivity contribution in [2.24, 2.45) is 0 Å². The number of benzene rings is 1. The van der Waals surface area contributed by atoms with Gasteiger partial charge in [0, 0.05) is 16.7 Å². The van der Waals surface area contributed by atoms with E-state index in [0.717, 1.165) is 12.2 Å². The second-order valence-corrected chi connectivity index (χ2v) is 6.44. The predicted molar refractivity (Wildman–Crippen MR) is 85.3 cm³/mol. The quantitative estimate of drug-likeness (QED) is 0.618. The molecule has 3 nitrogen and oxygen atoms in total. The molecule has 0 aliphatic heterocycles. The first-order valence-electron chi connectivity index (χ1n) is 6.98. The summed E-state index contributed by atoms with van der Waals surface area (Å²) >= 11 is 1.80. The van der Waals surface area contributed by atoms with Gasteiger partial charge < -0.3 is 10.1 Å². The highest BCUT2D eigenvalue weighted by Gasteiger charge is 2.19. The maximum absolute atomic E-state index is 11.7. The van der Waals surface area contributed by atoms with E-state index in [1.165, 1.54) is 23.1 Å². The van der Waals surface area contributed by atoms with Crippen LogP contribution in [-0.2, 0) is 9.53 Å². The summed E-state index contributed by atoms with van der Waals surface area (Å²) in [6.45, 7) is 8.29. The molecule has 0 aromatic heterocycles. The predicted octanol–water partition coefficient (Wildman–Crippen LogP) is 3.33. The van der Waals surface area contributed by atoms with Crippen LogP contribution < -0.4 is 5.32 Å². The molecule has 0 saturated carbocycles. The van der Waals surface area contributed by atoms with Crippen LogP contribution in [-0.4, -0.2) is 30.9 Å². The van der Waals surface area contributed by atoms with Crippen molar-refractivity contribution in [2.45, 2.75) is 51.1 Å². The lowest BCUT2D eigenvalue weighted by Crippen LogP contribution is -2.41. The molecule has 0 amide bonds. The molecule has 0 saturated heterocycles. The Morgan fingerprint density at radius 2 is 2.05 bits per heavy atom. The molecule has 1 aromatic rings. The molecule has 0 heterocycles. The van der Waals surface area contributed by atoms with Gasteiger partial charge in [0.25, 0.3) is 0 Å². The van der Waals surface area contributed by atoms with E-state index in [1.54, 1.807) is 11.8 Å². The molecule has 1 atom stereocenters. The molecule has 0 bridgehead atoms. The third-order valence-electron chi connectivity index (χ3n) is 3.03. The molecule has 1 aromatic carbocycles. The molecule has 1 rings (SSSR count). The fourth-order valence-corrected chi connectivity index (χ4v) is 3.10. The van der Waals surface area contributed by atoms with Crippen molar-refractivity contribution >= 4 is 17.7 Å². The molecule has 20 heavy (non-hydrogen) atoms. The summed E-state index contributed by atoms with van der Waals surface area (Å²) in [6.07, 6.45) is 0.767. The van der Waals surface area contributed by atoms with Gasteiger partial charge in [0.1, 0.15) is 6.04 Å². The van der Waals surface area contributed by atoms with Gasteiger partial charge in [0.05, 0.1) is 7.11 Å². The monoisotopic (exact) mass is 295 g/mol. The Kier molecular flexibility index (Phi) is 7.10. The third-order valence-corrected chi connectivity index (χ3v) is 4.22. The SMILES string of the molecule is COC(=O)C(CCSc1cc(C)ccc1C)NC(C)C. The van der Waals surface area contributed by atoms with E-state index < -0.39 is 0 Å². The molecule has 0 aliphatic carbocycles. The lowest BCUT2D eigenvalue weighted by molar-refractivity contribution is -0.143. The van der Waals surface area contributed by atoms with Crippen molar-refractivity contribution in [2.75, 3.05) is 12.9 Å². The molecular weight excluding hydrogens is 270 g/mol. The summed E-state index contributed by atoms with van der Waals surface area (Å²) < 4.78 is 4.85. The van der Waals surface area contributed by atoms with Crippen molar-refractivity contribution < 1.29 is 9.53 Å². The first-order valence-corrected chi connectivity index (χ1v) is 7.96. The number of carbonyl (C=O) groups excluding carboxylic acids is 1. The van der Waals surface area contributed by atoms with Crippen LogP contribution in [0.25, 0.3) is 0 Å². The van der Waals surface area contributed by atoms with Crippen LogP contribution in [0.2, 0.25) is 0 Å². The van der Waals surface area contributed by atoms with E-state index in [1.807, 2.05) is 13.8 Å². The maximum atomic E-state index is 11.7. The summed E-state index contributed by atoms with van der Waals surface area (Å²) in [5.74, 6) is 0.712. The number of methoxy groups -OCH3 is 1. The van der Waals surface area contributed by atoms with Gasteiger partial charge in [-0.25, -0.2) is 0 Å². The van der Waals surface area contributed by atoms with Gasteiger partial charge in [-0.05, 0) is 31.9 Å². The van der Waals surface area contributed by atoms with E-state index in [-0.39, 0.29) is 18.1 Å². The number of rotatable bonds is 7. The van der Waals surface area contributed by atoms with E-state index in [4.69, 9.17) is 4.74 Å². The number of hydrogen-bond donors (Lipinski definition) is 1. The zero-order valence-corrected chi connectivity index (χ0v) is 13.8. The zero-order valence-electron chi connectivity index (χ0n) is 13.0. The number of ether oxygens (including phenoxy) is 1. The number of aryl methyl sites for hydroxylation is 2. The van der Waals surface area contributed by atoms with Crippen LogP contribution >= 0.6 is 11.8 Å². The second-order valence-electron chi connectivity index (χ2n) is 5.30. The van der Waals surface area contributed by atoms with Gasteiger partial charge in [-0.2, -0.15) is 0 Å². The fourth-order valence-electron chi connectivity index (χ4n) is 1.96. The average molecular weight is 295 g/mol. The van der Waals surface area contributed by atoms with Crippen LogP contribution in [0.1, 0.15) is 31.4 Å². The summed E-state index contributed by atoms with van der Waals surface area (Å²) in [5, 5.41) is 3.25. The van der Waals surface area contributed by atoms with Crippen LogP contribution in [0.4, 0.5) is 0 Å². The van der Waals surface area contributed by atoms with Crippen LogP contribution in [0.5, 0.6) is 0 Å². The van der Waals surface area contributed by atoms with Gasteiger partial charge in [-0.3, -0.25) is 4.79 Å². The molecule has 112 valence electrons. The Morgan fingerprint density at radius 1 is 1.35 bits per heavy atom. The first-order chi connectivity index (χ1) is 9.43. The molecular formula is C16H25NO2S. The van der Waals surface area contributed by atoms with Crippen molar-refractivity contribution in [1.82, 2.24) is 5.32 Å². The Labute approximate surface area is 126 Å². The molecule has 1 N–H and O–H groups in total. The lowest BCUT2D eigenvalue weighted by atomic mass is 10.2. The Hall–Kier alpha value is -1.00. The lowest BCUT2D eigenvalue weighted by Gasteiger charge is -2.19. The van der Waals surface area contributed by atoms with E-state index in [0.29, 0.717) is 0 Å². The van der Waals surface area contributed by atoms with Gasteiger partial charge in [0.15, 0.2) is 0 Å². The molecule has 0 fully saturated rings. The minimum Gasteiger partial charge on any atom is -0.468 e. The summed E-state index contributed by atoms with van der Waals surface area (Å²) in [7, 11) is 1.44. The number of thioether (sulfide) groups is 1. The fraction of sp³-hybridized carbons (Fsp3) is 0.562. The van der Waals surface area contributed by atoms with E-state index in [9.17, 15) is 4.79 Å². The van der Waals surface area contributed by atoms with Gasteiger partial charge in [-0.15, -0.1) is 11.8 Å². The Balaban J connectivity index is 2.55.